The fraction of sp³-hybridized carbons (Fsp3) is 0.538. The summed E-state index contributed by atoms with van der Waals surface area (Å²) < 4.78 is 22.5. The number of fused-ring (bicyclic) bond motifs is 1. The number of morpholine rings is 1. The zero-order valence-corrected chi connectivity index (χ0v) is 11.5. The third kappa shape index (κ3) is 2.33. The molecule has 19 heavy (non-hydrogen) atoms. The van der Waals surface area contributed by atoms with Crippen LogP contribution in [0, 0.1) is 0 Å². The summed E-state index contributed by atoms with van der Waals surface area (Å²) >= 11 is 6.25. The van der Waals surface area contributed by atoms with E-state index in [1.165, 1.54) is 0 Å². The van der Waals surface area contributed by atoms with Crippen molar-refractivity contribution in [2.75, 3.05) is 40.0 Å². The van der Waals surface area contributed by atoms with E-state index in [1.54, 1.807) is 13.2 Å². The maximum Gasteiger partial charge on any atom is 0.171 e. The molecule has 1 atom stereocenters. The zero-order valence-electron chi connectivity index (χ0n) is 10.7. The third-order valence-electron chi connectivity index (χ3n) is 3.23. The van der Waals surface area contributed by atoms with Gasteiger partial charge in [0.15, 0.2) is 11.5 Å². The predicted octanol–water partition coefficient (Wildman–Crippen LogP) is 1.78. The lowest BCUT2D eigenvalue weighted by molar-refractivity contribution is 0.0229. The number of ether oxygens (including phenoxy) is 4. The molecule has 1 saturated heterocycles. The van der Waals surface area contributed by atoms with Gasteiger partial charge >= 0.3 is 0 Å². The van der Waals surface area contributed by atoms with E-state index in [9.17, 15) is 0 Å². The van der Waals surface area contributed by atoms with Gasteiger partial charge in [0.05, 0.1) is 24.3 Å². The van der Waals surface area contributed by atoms with Crippen molar-refractivity contribution in [1.29, 1.82) is 0 Å². The van der Waals surface area contributed by atoms with Gasteiger partial charge in [-0.25, -0.2) is 0 Å². The minimum absolute atomic E-state index is 0.141. The van der Waals surface area contributed by atoms with Crippen LogP contribution in [-0.4, -0.2) is 40.0 Å². The number of rotatable bonds is 2. The minimum atomic E-state index is -0.141. The molecular weight excluding hydrogens is 270 g/mol. The van der Waals surface area contributed by atoms with Gasteiger partial charge in [-0.3, -0.25) is 0 Å². The Morgan fingerprint density at radius 3 is 2.89 bits per heavy atom. The number of hydrogen-bond donors (Lipinski definition) is 1. The summed E-state index contributed by atoms with van der Waals surface area (Å²) in [5.41, 5.74) is 0.830. The van der Waals surface area contributed by atoms with Crippen molar-refractivity contribution in [2.24, 2.45) is 0 Å². The Labute approximate surface area is 116 Å². The van der Waals surface area contributed by atoms with Gasteiger partial charge in [0.25, 0.3) is 0 Å². The lowest BCUT2D eigenvalue weighted by Crippen LogP contribution is -2.34. The van der Waals surface area contributed by atoms with E-state index in [4.69, 9.17) is 30.5 Å². The Kier molecular flexibility index (Phi) is 3.68. The molecule has 0 aliphatic carbocycles. The van der Waals surface area contributed by atoms with Gasteiger partial charge in [-0.2, -0.15) is 0 Å². The standard InChI is InChI=1S/C13H16ClNO4/c1-16-12-8(14)6-9-13(19-5-4-18-9)11(12)10-7-15-2-3-17-10/h6,10,15H,2-5,7H2,1H3. The first-order valence-corrected chi connectivity index (χ1v) is 6.67. The average Bonchev–Trinajstić information content (AvgIpc) is 2.46. The van der Waals surface area contributed by atoms with Crippen LogP contribution in [0.3, 0.4) is 0 Å². The molecule has 0 radical (unpaired) electrons. The monoisotopic (exact) mass is 285 g/mol. The second kappa shape index (κ2) is 5.45. The Morgan fingerprint density at radius 2 is 2.16 bits per heavy atom. The van der Waals surface area contributed by atoms with Crippen molar-refractivity contribution in [3.63, 3.8) is 0 Å². The Bertz CT molecular complexity index is 474. The average molecular weight is 286 g/mol. The smallest absolute Gasteiger partial charge is 0.171 e. The molecule has 104 valence electrons. The van der Waals surface area contributed by atoms with E-state index in [0.717, 1.165) is 12.1 Å². The number of hydrogen-bond acceptors (Lipinski definition) is 5. The van der Waals surface area contributed by atoms with E-state index >= 15 is 0 Å². The van der Waals surface area contributed by atoms with Gasteiger partial charge in [-0.1, -0.05) is 11.6 Å². The second-order valence-corrected chi connectivity index (χ2v) is 4.80. The largest absolute Gasteiger partial charge is 0.495 e. The molecule has 3 rings (SSSR count). The minimum Gasteiger partial charge on any atom is -0.495 e. The SMILES string of the molecule is COc1c(Cl)cc2c(c1C1CNCCO1)OCCO2. The molecule has 6 heteroatoms. The first kappa shape index (κ1) is 12.8. The van der Waals surface area contributed by atoms with Gasteiger partial charge < -0.3 is 24.3 Å². The van der Waals surface area contributed by atoms with Crippen LogP contribution in [0.1, 0.15) is 11.7 Å². The Hall–Kier alpha value is -1.17. The summed E-state index contributed by atoms with van der Waals surface area (Å²) in [5.74, 6) is 1.93. The molecule has 0 amide bonds. The molecule has 0 aromatic heterocycles. The van der Waals surface area contributed by atoms with Crippen molar-refractivity contribution in [2.45, 2.75) is 6.10 Å². The van der Waals surface area contributed by atoms with Gasteiger partial charge in [0, 0.05) is 19.2 Å². The molecule has 1 aromatic rings. The summed E-state index contributed by atoms with van der Waals surface area (Å²) in [6, 6.07) is 1.73. The molecular formula is C13H16ClNO4. The molecule has 1 aromatic carbocycles. The molecule has 0 spiro atoms. The molecule has 2 heterocycles. The van der Waals surface area contributed by atoms with E-state index in [2.05, 4.69) is 5.32 Å². The third-order valence-corrected chi connectivity index (χ3v) is 3.51. The quantitative estimate of drug-likeness (QED) is 0.898. The first-order chi connectivity index (χ1) is 9.31. The Morgan fingerprint density at radius 1 is 1.32 bits per heavy atom. The fourth-order valence-electron chi connectivity index (χ4n) is 2.41. The summed E-state index contributed by atoms with van der Waals surface area (Å²) in [6.07, 6.45) is -0.141. The van der Waals surface area contributed by atoms with Crippen LogP contribution in [0.2, 0.25) is 5.02 Å². The summed E-state index contributed by atoms with van der Waals surface area (Å²) in [7, 11) is 1.59. The Balaban J connectivity index is 2.09. The molecule has 1 N–H and O–H groups in total. The topological polar surface area (TPSA) is 49.0 Å². The van der Waals surface area contributed by atoms with E-state index in [1.807, 2.05) is 0 Å². The van der Waals surface area contributed by atoms with Gasteiger partial charge in [0.1, 0.15) is 25.1 Å². The van der Waals surface area contributed by atoms with Crippen LogP contribution in [0.5, 0.6) is 17.2 Å². The predicted molar refractivity (Wildman–Crippen MR) is 70.6 cm³/mol. The fourth-order valence-corrected chi connectivity index (χ4v) is 2.69. The first-order valence-electron chi connectivity index (χ1n) is 6.29. The van der Waals surface area contributed by atoms with Crippen molar-refractivity contribution < 1.29 is 18.9 Å². The van der Waals surface area contributed by atoms with Crippen molar-refractivity contribution in [3.8, 4) is 17.2 Å². The maximum atomic E-state index is 6.25. The van der Waals surface area contributed by atoms with Crippen LogP contribution in [-0.2, 0) is 4.74 Å². The van der Waals surface area contributed by atoms with Crippen molar-refractivity contribution >= 4 is 11.6 Å². The molecule has 5 nitrogen and oxygen atoms in total. The molecule has 2 aliphatic rings. The van der Waals surface area contributed by atoms with Gasteiger partial charge in [0.2, 0.25) is 0 Å². The van der Waals surface area contributed by atoms with E-state index < -0.39 is 0 Å². The highest BCUT2D eigenvalue weighted by atomic mass is 35.5. The van der Waals surface area contributed by atoms with Crippen LogP contribution < -0.4 is 19.5 Å². The van der Waals surface area contributed by atoms with Crippen LogP contribution in [0.4, 0.5) is 0 Å². The number of halogens is 1. The van der Waals surface area contributed by atoms with E-state index in [0.29, 0.717) is 48.6 Å². The van der Waals surface area contributed by atoms with Crippen LogP contribution in [0.15, 0.2) is 6.07 Å². The highest BCUT2D eigenvalue weighted by Crippen LogP contribution is 2.47. The molecule has 2 aliphatic heterocycles. The lowest BCUT2D eigenvalue weighted by Gasteiger charge is -2.30. The molecule has 1 fully saturated rings. The maximum absolute atomic E-state index is 6.25. The van der Waals surface area contributed by atoms with Crippen LogP contribution >= 0.6 is 11.6 Å². The van der Waals surface area contributed by atoms with Crippen LogP contribution in [0.25, 0.3) is 0 Å². The normalized spacial score (nSPS) is 22.1. The zero-order chi connectivity index (χ0) is 13.2. The summed E-state index contributed by atoms with van der Waals surface area (Å²) in [6.45, 7) is 3.24. The number of benzene rings is 1. The number of nitrogens with one attached hydrogen (secondary N) is 1. The van der Waals surface area contributed by atoms with Gasteiger partial charge in [-0.05, 0) is 0 Å². The highest BCUT2D eigenvalue weighted by Gasteiger charge is 2.30. The van der Waals surface area contributed by atoms with Crippen molar-refractivity contribution in [3.05, 3.63) is 16.7 Å². The molecule has 0 saturated carbocycles. The van der Waals surface area contributed by atoms with Gasteiger partial charge in [-0.15, -0.1) is 0 Å². The lowest BCUT2D eigenvalue weighted by atomic mass is 10.0. The highest BCUT2D eigenvalue weighted by molar-refractivity contribution is 6.32. The molecule has 0 bridgehead atoms. The summed E-state index contributed by atoms with van der Waals surface area (Å²) in [4.78, 5) is 0. The second-order valence-electron chi connectivity index (χ2n) is 4.39. The van der Waals surface area contributed by atoms with Crippen molar-refractivity contribution in [1.82, 2.24) is 5.32 Å². The molecule has 1 unspecified atom stereocenters. The number of methoxy groups -OCH3 is 1. The van der Waals surface area contributed by atoms with E-state index in [-0.39, 0.29) is 6.10 Å². The summed E-state index contributed by atoms with van der Waals surface area (Å²) in [5, 5.41) is 3.80.